The molecule has 0 N–H and O–H groups in total. The average Bonchev–Trinajstić information content (AvgIpc) is 3.33. The fraction of sp³-hybridized carbons (Fsp3) is 0. The van der Waals surface area contributed by atoms with E-state index in [-0.39, 0.29) is 0 Å². The largest absolute Gasteiger partial charge is 0.456 e. The Balaban J connectivity index is 1.11. The van der Waals surface area contributed by atoms with E-state index < -0.39 is 0 Å². The van der Waals surface area contributed by atoms with Crippen LogP contribution in [0.5, 0.6) is 0 Å². The Bertz CT molecular complexity index is 5610. The number of benzene rings is 12. The second-order valence-electron chi connectivity index (χ2n) is 20.8. The molecule has 5 heterocycles. The maximum atomic E-state index is 12.4. The van der Waals surface area contributed by atoms with Gasteiger partial charge >= 0.3 is 0 Å². The van der Waals surface area contributed by atoms with Crippen molar-refractivity contribution in [2.45, 2.75) is 0 Å². The van der Waals surface area contributed by atoms with Crippen LogP contribution in [0.2, 0.25) is 0 Å². The molecule has 0 unspecified atom stereocenters. The number of fused-ring (bicyclic) bond motifs is 17. The van der Waals surface area contributed by atoms with E-state index in [9.17, 15) is 10.5 Å². The molecule has 0 aliphatic carbocycles. The van der Waals surface area contributed by atoms with Crippen molar-refractivity contribution < 1.29 is 4.42 Å². The summed E-state index contributed by atoms with van der Waals surface area (Å²) in [7, 11) is 0. The lowest BCUT2D eigenvalue weighted by Crippen LogP contribution is -2.11. The number of para-hydroxylation sites is 2. The van der Waals surface area contributed by atoms with Crippen molar-refractivity contribution in [3.05, 3.63) is 254 Å². The fourth-order valence-electron chi connectivity index (χ4n) is 13.2. The molecule has 0 spiro atoms. The Morgan fingerprint density at radius 1 is 0.333 bits per heavy atom. The highest BCUT2D eigenvalue weighted by Crippen LogP contribution is 2.53. The molecule has 0 bridgehead atoms. The Labute approximate surface area is 471 Å². The molecule has 0 amide bonds. The second-order valence-corrected chi connectivity index (χ2v) is 22.8. The minimum Gasteiger partial charge on any atom is -0.456 e. The van der Waals surface area contributed by atoms with Crippen LogP contribution in [0.25, 0.3) is 162 Å². The molecule has 5 nitrogen and oxygen atoms in total. The normalized spacial score (nSPS) is 11.9. The number of hydrogen-bond acceptors (Lipinski definition) is 5. The second kappa shape index (κ2) is 17.5. The zero-order chi connectivity index (χ0) is 53.4. The Morgan fingerprint density at radius 2 is 0.840 bits per heavy atom. The Hall–Kier alpha value is -10.5. The average molecular weight is 1070 g/mol. The molecule has 7 heteroatoms. The number of rotatable bonds is 6. The van der Waals surface area contributed by atoms with E-state index >= 15 is 0 Å². The number of thiophene rings is 2. The van der Waals surface area contributed by atoms with Crippen molar-refractivity contribution in [3.8, 4) is 68.0 Å². The van der Waals surface area contributed by atoms with Gasteiger partial charge in [-0.15, -0.1) is 22.7 Å². The van der Waals surface area contributed by atoms with Crippen LogP contribution in [-0.4, -0.2) is 9.13 Å². The molecule has 81 heavy (non-hydrogen) atoms. The van der Waals surface area contributed by atoms with Crippen LogP contribution in [0, 0.1) is 22.7 Å². The predicted octanol–water partition coefficient (Wildman–Crippen LogP) is 20.9. The molecule has 0 saturated carbocycles. The zero-order valence-electron chi connectivity index (χ0n) is 43.1. The Morgan fingerprint density at radius 3 is 1.57 bits per heavy atom. The third kappa shape index (κ3) is 6.45. The van der Waals surface area contributed by atoms with Gasteiger partial charge in [0.25, 0.3) is 0 Å². The number of furan rings is 1. The summed E-state index contributed by atoms with van der Waals surface area (Å²) in [5.41, 5.74) is 15.2. The van der Waals surface area contributed by atoms with Crippen molar-refractivity contribution in [1.82, 2.24) is 9.13 Å². The number of nitrogens with zero attached hydrogens (tertiary/aromatic N) is 4. The van der Waals surface area contributed by atoms with E-state index in [1.54, 1.807) is 11.3 Å². The lowest BCUT2D eigenvalue weighted by atomic mass is 9.86. The molecule has 12 aromatic carbocycles. The third-order valence-electron chi connectivity index (χ3n) is 16.6. The van der Waals surface area contributed by atoms with Crippen LogP contribution in [0.1, 0.15) is 11.1 Å². The van der Waals surface area contributed by atoms with Gasteiger partial charge in [-0.1, -0.05) is 212 Å². The minimum atomic E-state index is 0.406. The van der Waals surface area contributed by atoms with E-state index in [0.717, 1.165) is 119 Å². The molecule has 374 valence electrons. The van der Waals surface area contributed by atoms with Gasteiger partial charge < -0.3 is 13.6 Å². The Kier molecular flexibility index (Phi) is 9.82. The molecular weight excluding hydrogens is 1020 g/mol. The summed E-state index contributed by atoms with van der Waals surface area (Å²) in [6, 6.07) is 91.2. The summed E-state index contributed by atoms with van der Waals surface area (Å²) in [6.07, 6.45) is 0. The summed E-state index contributed by atoms with van der Waals surface area (Å²) in [5, 5.41) is 35.7. The molecule has 0 atom stereocenters. The number of aromatic nitrogens is 2. The predicted molar refractivity (Wildman–Crippen MR) is 339 cm³/mol. The molecule has 0 saturated heterocycles. The summed E-state index contributed by atoms with van der Waals surface area (Å²) in [6.45, 7) is 0. The highest BCUT2D eigenvalue weighted by atomic mass is 32.1. The van der Waals surface area contributed by atoms with Crippen molar-refractivity contribution in [2.24, 2.45) is 0 Å². The smallest absolute Gasteiger partial charge is 0.136 e. The highest BCUT2D eigenvalue weighted by molar-refractivity contribution is 7.27. The topological polar surface area (TPSA) is 70.6 Å². The van der Waals surface area contributed by atoms with Crippen molar-refractivity contribution in [3.63, 3.8) is 0 Å². The first-order valence-electron chi connectivity index (χ1n) is 27.0. The molecular formula is C74H40N4OS2. The molecule has 0 aliphatic rings. The van der Waals surface area contributed by atoms with E-state index in [1.165, 1.54) is 25.7 Å². The first-order valence-corrected chi connectivity index (χ1v) is 28.7. The van der Waals surface area contributed by atoms with E-state index in [4.69, 9.17) is 4.42 Å². The molecule has 0 aliphatic heterocycles. The number of nitriles is 2. The van der Waals surface area contributed by atoms with E-state index in [0.29, 0.717) is 28.1 Å². The molecule has 0 radical (unpaired) electrons. The van der Waals surface area contributed by atoms with Gasteiger partial charge in [0.2, 0.25) is 0 Å². The maximum Gasteiger partial charge on any atom is 0.136 e. The summed E-state index contributed by atoms with van der Waals surface area (Å²) < 4.78 is 15.9. The van der Waals surface area contributed by atoms with Crippen LogP contribution in [-0.2, 0) is 0 Å². The van der Waals surface area contributed by atoms with Crippen LogP contribution >= 0.6 is 22.7 Å². The molecule has 0 fully saturated rings. The lowest BCUT2D eigenvalue weighted by Gasteiger charge is -2.25. The minimum absolute atomic E-state index is 0.406. The van der Waals surface area contributed by atoms with Crippen LogP contribution in [0.15, 0.2) is 247 Å². The van der Waals surface area contributed by atoms with Gasteiger partial charge in [-0.25, -0.2) is 0 Å². The van der Waals surface area contributed by atoms with Gasteiger partial charge in [-0.05, 0) is 63.7 Å². The SMILES string of the molecule is N#Cc1c(-c2ccccc2)c(C#N)c(-n2c3c(ccc4c5ccccc5sc43)c3ccc4c5cccc(-c6ccccc6)c5sc4c32)c(-c2ccccc2)c1-n1c2ccccc2c2ccc(-c3cccc4oc5ccccc5c34)cc21. The van der Waals surface area contributed by atoms with Gasteiger partial charge in [0.1, 0.15) is 23.3 Å². The summed E-state index contributed by atoms with van der Waals surface area (Å²) >= 11 is 3.60. The third-order valence-corrected chi connectivity index (χ3v) is 19.1. The van der Waals surface area contributed by atoms with Crippen molar-refractivity contribution in [1.29, 1.82) is 10.5 Å². The van der Waals surface area contributed by atoms with Gasteiger partial charge in [-0.3, -0.25) is 0 Å². The van der Waals surface area contributed by atoms with Gasteiger partial charge in [0.15, 0.2) is 0 Å². The van der Waals surface area contributed by atoms with Crippen LogP contribution in [0.4, 0.5) is 0 Å². The van der Waals surface area contributed by atoms with Gasteiger partial charge in [-0.2, -0.15) is 10.5 Å². The van der Waals surface area contributed by atoms with Crippen molar-refractivity contribution in [2.75, 3.05) is 0 Å². The van der Waals surface area contributed by atoms with Crippen molar-refractivity contribution >= 4 is 129 Å². The maximum absolute atomic E-state index is 12.4. The van der Waals surface area contributed by atoms with Crippen LogP contribution in [0.3, 0.4) is 0 Å². The van der Waals surface area contributed by atoms with Gasteiger partial charge in [0, 0.05) is 74.4 Å². The first-order chi connectivity index (χ1) is 40.1. The van der Waals surface area contributed by atoms with E-state index in [2.05, 4.69) is 209 Å². The van der Waals surface area contributed by atoms with Crippen LogP contribution < -0.4 is 0 Å². The highest BCUT2D eigenvalue weighted by Gasteiger charge is 2.33. The molecule has 17 rings (SSSR count). The standard InChI is InChI=1S/C74H40N4OS2/c75-41-58-65(44-20-6-2-7-21-44)59(42-76)69(78-70-52(36-38-55-51-25-12-15-33-64(51)80-73(55)70)53-37-39-56-54-29-16-28-48(43-18-4-1-5-19-43)72(54)81-74(56)71(53)78)66(45-22-8-3-9-23-45)68(58)77-60-30-13-10-24-49(60)50-35-34-46(40-61(50)77)47-27-17-32-63-67(47)57-26-11-14-31-62(57)79-63/h1-40H. The van der Waals surface area contributed by atoms with Gasteiger partial charge in [0.05, 0.1) is 54.0 Å². The molecule has 5 aromatic heterocycles. The lowest BCUT2D eigenvalue weighted by molar-refractivity contribution is 0.669. The fourth-order valence-corrected chi connectivity index (χ4v) is 15.9. The van der Waals surface area contributed by atoms with E-state index in [1.807, 2.05) is 65.9 Å². The zero-order valence-corrected chi connectivity index (χ0v) is 44.7. The quantitative estimate of drug-likeness (QED) is 0.167. The summed E-state index contributed by atoms with van der Waals surface area (Å²) in [5.74, 6) is 0. The summed E-state index contributed by atoms with van der Waals surface area (Å²) in [4.78, 5) is 0. The monoisotopic (exact) mass is 1060 g/mol. The molecule has 17 aromatic rings. The first kappa shape index (κ1) is 45.5. The number of hydrogen-bond donors (Lipinski definition) is 0.